The van der Waals surface area contributed by atoms with Gasteiger partial charge in [-0.3, -0.25) is 9.36 Å². The van der Waals surface area contributed by atoms with Crippen LogP contribution in [0.4, 0.5) is 0 Å². The molecule has 10 nitrogen and oxygen atoms in total. The normalized spacial score (nSPS) is 11.1. The Morgan fingerprint density at radius 3 is 1.84 bits per heavy atom. The van der Waals surface area contributed by atoms with Crippen LogP contribution in [-0.2, 0) is 13.1 Å². The summed E-state index contributed by atoms with van der Waals surface area (Å²) in [6.45, 7) is 14.8. The zero-order chi connectivity index (χ0) is 35.1. The van der Waals surface area contributed by atoms with Gasteiger partial charge in [0, 0.05) is 38.8 Å². The molecule has 6 aromatic rings. The first-order valence-corrected chi connectivity index (χ1v) is 16.9. The van der Waals surface area contributed by atoms with Crippen LogP contribution in [0.3, 0.4) is 0 Å². The van der Waals surface area contributed by atoms with E-state index in [4.69, 9.17) is 43.0 Å². The van der Waals surface area contributed by atoms with Crippen LogP contribution in [0.1, 0.15) is 55.9 Å². The van der Waals surface area contributed by atoms with Crippen molar-refractivity contribution in [1.29, 1.82) is 5.26 Å². The number of benzene rings is 2. The second kappa shape index (κ2) is 16.0. The first-order valence-electron chi connectivity index (χ1n) is 16.1. The summed E-state index contributed by atoms with van der Waals surface area (Å²) in [5.41, 5.74) is 5.86. The molecule has 0 fully saturated rings. The second-order valence-corrected chi connectivity index (χ2v) is 13.5. The Labute approximate surface area is 296 Å². The molecule has 4 aromatic heterocycles. The van der Waals surface area contributed by atoms with Crippen molar-refractivity contribution in [3.63, 3.8) is 0 Å². The van der Waals surface area contributed by atoms with Crippen LogP contribution < -0.4 is 9.47 Å². The first-order chi connectivity index (χ1) is 23.5. The number of nitriles is 1. The summed E-state index contributed by atoms with van der Waals surface area (Å²) in [5.74, 6) is 3.14. The summed E-state index contributed by atoms with van der Waals surface area (Å²) in [6.07, 6.45) is 1.87. The summed E-state index contributed by atoms with van der Waals surface area (Å²) >= 11 is 12.3. The van der Waals surface area contributed by atoms with Crippen LogP contribution in [0, 0.1) is 37.0 Å². The molecule has 2 aromatic carbocycles. The smallest absolute Gasteiger partial charge is 0.202 e. The van der Waals surface area contributed by atoms with Crippen molar-refractivity contribution >= 4 is 28.8 Å². The Morgan fingerprint density at radius 2 is 1.31 bits per heavy atom. The molecule has 0 atom stereocenters. The Morgan fingerprint density at radius 1 is 0.735 bits per heavy atom. The first kappa shape index (κ1) is 35.5. The molecule has 0 saturated heterocycles. The van der Waals surface area contributed by atoms with Gasteiger partial charge in [-0.15, -0.1) is 5.10 Å². The van der Waals surface area contributed by atoms with Crippen LogP contribution >= 0.6 is 23.2 Å². The van der Waals surface area contributed by atoms with Crippen LogP contribution in [0.2, 0.25) is 10.0 Å². The lowest BCUT2D eigenvalue weighted by molar-refractivity contribution is 0.268. The summed E-state index contributed by atoms with van der Waals surface area (Å²) < 4.78 is 17.3. The molecule has 12 heteroatoms. The van der Waals surface area contributed by atoms with Gasteiger partial charge in [-0.2, -0.15) is 15.5 Å². The van der Waals surface area contributed by atoms with Crippen LogP contribution in [0.5, 0.6) is 11.5 Å². The summed E-state index contributed by atoms with van der Waals surface area (Å²) in [7, 11) is 0. The molecule has 0 spiro atoms. The molecular formula is C37H40Cl2N8O2. The summed E-state index contributed by atoms with van der Waals surface area (Å²) in [4.78, 5) is 4.56. The number of hydrogen-bond acceptors (Lipinski definition) is 7. The van der Waals surface area contributed by atoms with E-state index in [1.54, 1.807) is 15.3 Å². The largest absolute Gasteiger partial charge is 0.493 e. The molecule has 0 saturated carbocycles. The van der Waals surface area contributed by atoms with Crippen molar-refractivity contribution in [2.24, 2.45) is 11.8 Å². The maximum absolute atomic E-state index is 8.91. The minimum atomic E-state index is 0.416. The predicted octanol–water partition coefficient (Wildman–Crippen LogP) is 8.44. The molecule has 0 unspecified atom stereocenters. The van der Waals surface area contributed by atoms with Crippen molar-refractivity contribution in [3.8, 4) is 29.1 Å². The fraction of sp³-hybridized carbons (Fsp3) is 0.324. The zero-order valence-corrected chi connectivity index (χ0v) is 30.1. The third-order valence-corrected chi connectivity index (χ3v) is 7.85. The van der Waals surface area contributed by atoms with Gasteiger partial charge in [0.05, 0.1) is 26.3 Å². The van der Waals surface area contributed by atoms with Crippen molar-refractivity contribution < 1.29 is 9.47 Å². The number of pyridine rings is 1. The van der Waals surface area contributed by atoms with E-state index in [-0.39, 0.29) is 0 Å². The predicted molar refractivity (Wildman–Crippen MR) is 192 cm³/mol. The van der Waals surface area contributed by atoms with E-state index in [1.165, 1.54) is 0 Å². The molecule has 0 radical (unpaired) electrons. The van der Waals surface area contributed by atoms with Gasteiger partial charge >= 0.3 is 0 Å². The number of hydrogen-bond donors (Lipinski definition) is 0. The molecule has 49 heavy (non-hydrogen) atoms. The maximum atomic E-state index is 8.91. The highest BCUT2D eigenvalue weighted by Crippen LogP contribution is 2.27. The molecule has 0 amide bonds. The molecule has 4 heterocycles. The molecule has 0 aliphatic rings. The van der Waals surface area contributed by atoms with Gasteiger partial charge in [0.15, 0.2) is 11.3 Å². The molecule has 254 valence electrons. The van der Waals surface area contributed by atoms with E-state index in [0.717, 1.165) is 45.4 Å². The highest BCUT2D eigenvalue weighted by atomic mass is 35.5. The maximum Gasteiger partial charge on any atom is 0.202 e. The summed E-state index contributed by atoms with van der Waals surface area (Å²) in [6, 6.07) is 22.9. The zero-order valence-electron chi connectivity index (χ0n) is 28.6. The average Bonchev–Trinajstić information content (AvgIpc) is 3.76. The van der Waals surface area contributed by atoms with E-state index in [1.807, 2.05) is 85.4 Å². The summed E-state index contributed by atoms with van der Waals surface area (Å²) in [5, 5.41) is 23.7. The van der Waals surface area contributed by atoms with E-state index < -0.39 is 0 Å². The quantitative estimate of drug-likeness (QED) is 0.134. The fourth-order valence-corrected chi connectivity index (χ4v) is 5.29. The van der Waals surface area contributed by atoms with E-state index in [9.17, 15) is 0 Å². The Kier molecular flexibility index (Phi) is 11.6. The molecule has 0 bridgehead atoms. The highest BCUT2D eigenvalue weighted by molar-refractivity contribution is 6.31. The van der Waals surface area contributed by atoms with Crippen molar-refractivity contribution in [1.82, 2.24) is 34.2 Å². The van der Waals surface area contributed by atoms with Gasteiger partial charge < -0.3 is 9.47 Å². The minimum absolute atomic E-state index is 0.416. The van der Waals surface area contributed by atoms with Crippen LogP contribution in [0.25, 0.3) is 17.2 Å². The number of nitrogens with zero attached hydrogens (tertiary/aromatic N) is 8. The molecule has 0 aliphatic carbocycles. The molecular weight excluding hydrogens is 659 g/mol. The minimum Gasteiger partial charge on any atom is -0.493 e. The van der Waals surface area contributed by atoms with E-state index in [0.29, 0.717) is 59.7 Å². The third kappa shape index (κ3) is 9.40. The Bertz CT molecular complexity index is 2040. The van der Waals surface area contributed by atoms with Gasteiger partial charge in [-0.05, 0) is 86.3 Å². The Hall–Kier alpha value is -4.85. The third-order valence-electron chi connectivity index (χ3n) is 7.38. The van der Waals surface area contributed by atoms with Crippen molar-refractivity contribution in [2.45, 2.75) is 54.6 Å². The van der Waals surface area contributed by atoms with E-state index >= 15 is 0 Å². The van der Waals surface area contributed by atoms with Gasteiger partial charge in [0.1, 0.15) is 23.3 Å². The number of aromatic nitrogens is 7. The number of halogens is 2. The highest BCUT2D eigenvalue weighted by Gasteiger charge is 2.15. The van der Waals surface area contributed by atoms with Gasteiger partial charge in [0.25, 0.3) is 0 Å². The lowest BCUT2D eigenvalue weighted by Crippen LogP contribution is -2.09. The topological polar surface area (TPSA) is 108 Å². The van der Waals surface area contributed by atoms with Crippen LogP contribution in [-0.4, -0.2) is 47.4 Å². The molecule has 0 aliphatic heterocycles. The number of rotatable bonds is 11. The standard InChI is InChI=1S/C21H22ClN5O.C16H18ClN3O/c1-14(2)13-28-19-8-7-17(22)11-16(19)12-27-15(3)10-18(24-27)21-23-20-6-4-5-9-26(20)25-21;1-11(2)10-21-16-5-4-14(17)7-13(16)9-20-12(3)6-15(8-18)19-20/h4-11,14H,12-13H2,1-3H3;4-7,11H,9-10H2,1-3H3. The van der Waals surface area contributed by atoms with Gasteiger partial charge in [-0.1, -0.05) is 57.0 Å². The fourth-order valence-electron chi connectivity index (χ4n) is 4.90. The number of aryl methyl sites for hydroxylation is 2. The number of ether oxygens (including phenoxy) is 2. The van der Waals surface area contributed by atoms with Crippen LogP contribution in [0.15, 0.2) is 72.9 Å². The van der Waals surface area contributed by atoms with Crippen molar-refractivity contribution in [3.05, 3.63) is 111 Å². The average molecular weight is 700 g/mol. The SMILES string of the molecule is Cc1cc(-c2nc3ccccn3n2)nn1Cc1cc(Cl)ccc1OCC(C)C.Cc1cc(C#N)nn1Cc1cc(Cl)ccc1OCC(C)C. The Balaban J connectivity index is 0.000000200. The lowest BCUT2D eigenvalue weighted by atomic mass is 10.2. The van der Waals surface area contributed by atoms with E-state index in [2.05, 4.69) is 48.9 Å². The second-order valence-electron chi connectivity index (χ2n) is 12.6. The number of fused-ring (bicyclic) bond motifs is 1. The van der Waals surface area contributed by atoms with Gasteiger partial charge in [-0.25, -0.2) is 9.50 Å². The monoisotopic (exact) mass is 698 g/mol. The lowest BCUT2D eigenvalue weighted by Gasteiger charge is -2.14. The van der Waals surface area contributed by atoms with Crippen molar-refractivity contribution in [2.75, 3.05) is 13.2 Å². The van der Waals surface area contributed by atoms with Gasteiger partial charge in [0.2, 0.25) is 5.82 Å². The molecule has 0 N–H and O–H groups in total. The molecule has 6 rings (SSSR count).